The molecule has 0 radical (unpaired) electrons. The zero-order valence-corrected chi connectivity index (χ0v) is 11.8. The average Bonchev–Trinajstić information content (AvgIpc) is 3.03. The number of nitrogens with zero attached hydrogens (tertiary/aromatic N) is 1. The Morgan fingerprint density at radius 1 is 1.32 bits per heavy atom. The number of likely N-dealkylation sites (tertiary alicyclic amines) is 1. The van der Waals surface area contributed by atoms with E-state index in [4.69, 9.17) is 4.74 Å². The van der Waals surface area contributed by atoms with Crippen molar-refractivity contribution in [1.29, 1.82) is 0 Å². The van der Waals surface area contributed by atoms with Gasteiger partial charge >= 0.3 is 0 Å². The van der Waals surface area contributed by atoms with E-state index in [0.29, 0.717) is 12.1 Å². The molecule has 1 aromatic rings. The topological polar surface area (TPSA) is 24.5 Å². The molecule has 104 valence electrons. The third kappa shape index (κ3) is 3.28. The second kappa shape index (κ2) is 5.93. The van der Waals surface area contributed by atoms with Crippen molar-refractivity contribution in [2.75, 3.05) is 25.0 Å². The lowest BCUT2D eigenvalue weighted by Crippen LogP contribution is -2.26. The molecule has 0 saturated carbocycles. The summed E-state index contributed by atoms with van der Waals surface area (Å²) >= 11 is 0. The number of benzene rings is 1. The zero-order chi connectivity index (χ0) is 13.1. The zero-order valence-electron chi connectivity index (χ0n) is 11.8. The van der Waals surface area contributed by atoms with Crippen molar-refractivity contribution in [1.82, 2.24) is 4.90 Å². The molecule has 0 bridgehead atoms. The molecule has 0 spiro atoms. The van der Waals surface area contributed by atoms with E-state index >= 15 is 0 Å². The van der Waals surface area contributed by atoms with Gasteiger partial charge in [-0.15, -0.1) is 0 Å². The summed E-state index contributed by atoms with van der Waals surface area (Å²) in [6.45, 7) is 6.63. The van der Waals surface area contributed by atoms with Gasteiger partial charge in [-0.3, -0.25) is 4.90 Å². The Morgan fingerprint density at radius 2 is 2.16 bits per heavy atom. The van der Waals surface area contributed by atoms with Gasteiger partial charge < -0.3 is 10.1 Å². The van der Waals surface area contributed by atoms with Gasteiger partial charge in [0.1, 0.15) is 0 Å². The summed E-state index contributed by atoms with van der Waals surface area (Å²) in [5.41, 5.74) is 2.65. The lowest BCUT2D eigenvalue weighted by atomic mass is 10.1. The fourth-order valence-corrected chi connectivity index (χ4v) is 3.09. The largest absolute Gasteiger partial charge is 0.380 e. The van der Waals surface area contributed by atoms with Crippen LogP contribution in [0.25, 0.3) is 0 Å². The fraction of sp³-hybridized carbons (Fsp3) is 0.625. The number of rotatable bonds is 4. The Morgan fingerprint density at radius 3 is 2.89 bits per heavy atom. The lowest BCUT2D eigenvalue weighted by Gasteiger charge is -2.19. The standard InChI is InChI=1S/C16H24N2O/c1-13-16(7-10-19-13)17-15-6-4-5-14(11-15)12-18-8-2-3-9-18/h4-6,11,13,16-17H,2-3,7-10,12H2,1H3. The minimum atomic E-state index is 0.322. The molecule has 3 rings (SSSR count). The summed E-state index contributed by atoms with van der Waals surface area (Å²) in [4.78, 5) is 2.54. The maximum absolute atomic E-state index is 5.60. The van der Waals surface area contributed by atoms with Crippen LogP contribution in [0.15, 0.2) is 24.3 Å². The molecule has 1 N–H and O–H groups in total. The SMILES string of the molecule is CC1OCCC1Nc1cccc(CN2CCCC2)c1. The minimum Gasteiger partial charge on any atom is -0.380 e. The van der Waals surface area contributed by atoms with Gasteiger partial charge in [0.2, 0.25) is 0 Å². The molecule has 2 fully saturated rings. The second-order valence-corrected chi connectivity index (χ2v) is 5.80. The molecule has 1 aromatic carbocycles. The third-order valence-electron chi connectivity index (χ3n) is 4.26. The van der Waals surface area contributed by atoms with E-state index in [9.17, 15) is 0 Å². The molecule has 2 aliphatic heterocycles. The van der Waals surface area contributed by atoms with Crippen LogP contribution in [-0.2, 0) is 11.3 Å². The van der Waals surface area contributed by atoms with Crippen molar-refractivity contribution < 1.29 is 4.74 Å². The highest BCUT2D eigenvalue weighted by atomic mass is 16.5. The second-order valence-electron chi connectivity index (χ2n) is 5.80. The number of ether oxygens (including phenoxy) is 1. The first-order valence-corrected chi connectivity index (χ1v) is 7.51. The van der Waals surface area contributed by atoms with Crippen LogP contribution in [0.4, 0.5) is 5.69 Å². The lowest BCUT2D eigenvalue weighted by molar-refractivity contribution is 0.121. The van der Waals surface area contributed by atoms with Crippen LogP contribution in [0, 0.1) is 0 Å². The molecule has 0 aromatic heterocycles. The highest BCUT2D eigenvalue weighted by Crippen LogP contribution is 2.21. The number of nitrogens with one attached hydrogen (secondary N) is 1. The molecule has 0 aliphatic carbocycles. The van der Waals surface area contributed by atoms with E-state index < -0.39 is 0 Å². The van der Waals surface area contributed by atoms with Gasteiger partial charge in [-0.1, -0.05) is 12.1 Å². The molecule has 2 unspecified atom stereocenters. The summed E-state index contributed by atoms with van der Waals surface area (Å²) in [6.07, 6.45) is 4.14. The average molecular weight is 260 g/mol. The fourth-order valence-electron chi connectivity index (χ4n) is 3.09. The summed E-state index contributed by atoms with van der Waals surface area (Å²) in [5, 5.41) is 3.61. The predicted molar refractivity (Wildman–Crippen MR) is 78.4 cm³/mol. The number of hydrogen-bond donors (Lipinski definition) is 1. The summed E-state index contributed by atoms with van der Waals surface area (Å²) in [7, 11) is 0. The maximum Gasteiger partial charge on any atom is 0.0748 e. The molecule has 2 aliphatic rings. The van der Waals surface area contributed by atoms with Crippen LogP contribution in [0.2, 0.25) is 0 Å². The molecular formula is C16H24N2O. The Balaban J connectivity index is 1.62. The normalized spacial score (nSPS) is 27.8. The van der Waals surface area contributed by atoms with Crippen LogP contribution in [-0.4, -0.2) is 36.7 Å². The van der Waals surface area contributed by atoms with Gasteiger partial charge in [0.25, 0.3) is 0 Å². The highest BCUT2D eigenvalue weighted by molar-refractivity contribution is 5.47. The smallest absolute Gasteiger partial charge is 0.0748 e. The van der Waals surface area contributed by atoms with Crippen LogP contribution in [0.5, 0.6) is 0 Å². The van der Waals surface area contributed by atoms with Crippen LogP contribution < -0.4 is 5.32 Å². The predicted octanol–water partition coefficient (Wildman–Crippen LogP) is 2.87. The number of anilines is 1. The molecule has 0 amide bonds. The monoisotopic (exact) mass is 260 g/mol. The van der Waals surface area contributed by atoms with E-state index in [1.807, 2.05) is 0 Å². The molecule has 3 nitrogen and oxygen atoms in total. The summed E-state index contributed by atoms with van der Waals surface area (Å²) in [6, 6.07) is 9.32. The third-order valence-corrected chi connectivity index (χ3v) is 4.26. The van der Waals surface area contributed by atoms with E-state index in [-0.39, 0.29) is 0 Å². The molecule has 19 heavy (non-hydrogen) atoms. The van der Waals surface area contributed by atoms with Gasteiger partial charge in [0, 0.05) is 18.8 Å². The molecule has 2 heterocycles. The van der Waals surface area contributed by atoms with Crippen molar-refractivity contribution >= 4 is 5.69 Å². The Kier molecular flexibility index (Phi) is 4.04. The van der Waals surface area contributed by atoms with Gasteiger partial charge in [-0.25, -0.2) is 0 Å². The molecule has 2 saturated heterocycles. The Hall–Kier alpha value is -1.06. The van der Waals surface area contributed by atoms with Crippen molar-refractivity contribution in [3.8, 4) is 0 Å². The molecule has 2 atom stereocenters. The van der Waals surface area contributed by atoms with E-state index in [0.717, 1.165) is 19.6 Å². The first-order chi connectivity index (χ1) is 9.31. The quantitative estimate of drug-likeness (QED) is 0.901. The van der Waals surface area contributed by atoms with Crippen molar-refractivity contribution in [3.05, 3.63) is 29.8 Å². The van der Waals surface area contributed by atoms with Gasteiger partial charge in [-0.05, 0) is 57.0 Å². The Labute approximate surface area is 115 Å². The van der Waals surface area contributed by atoms with Crippen molar-refractivity contribution in [2.24, 2.45) is 0 Å². The van der Waals surface area contributed by atoms with Crippen LogP contribution in [0.3, 0.4) is 0 Å². The number of hydrogen-bond acceptors (Lipinski definition) is 3. The van der Waals surface area contributed by atoms with E-state index in [2.05, 4.69) is 41.4 Å². The van der Waals surface area contributed by atoms with Crippen molar-refractivity contribution in [2.45, 2.75) is 44.9 Å². The van der Waals surface area contributed by atoms with Gasteiger partial charge in [-0.2, -0.15) is 0 Å². The van der Waals surface area contributed by atoms with Crippen LogP contribution in [0.1, 0.15) is 31.7 Å². The maximum atomic E-state index is 5.60. The highest BCUT2D eigenvalue weighted by Gasteiger charge is 2.23. The first-order valence-electron chi connectivity index (χ1n) is 7.51. The van der Waals surface area contributed by atoms with Gasteiger partial charge in [0.05, 0.1) is 12.1 Å². The van der Waals surface area contributed by atoms with Crippen LogP contribution >= 0.6 is 0 Å². The molecular weight excluding hydrogens is 236 g/mol. The van der Waals surface area contributed by atoms with E-state index in [1.165, 1.54) is 37.2 Å². The summed E-state index contributed by atoms with van der Waals surface area (Å²) < 4.78 is 5.60. The summed E-state index contributed by atoms with van der Waals surface area (Å²) in [5.74, 6) is 0. The molecule has 3 heteroatoms. The Bertz CT molecular complexity index is 415. The first kappa shape index (κ1) is 12.9. The minimum absolute atomic E-state index is 0.322. The van der Waals surface area contributed by atoms with Crippen molar-refractivity contribution in [3.63, 3.8) is 0 Å². The van der Waals surface area contributed by atoms with E-state index in [1.54, 1.807) is 0 Å². The van der Waals surface area contributed by atoms with Gasteiger partial charge in [0.15, 0.2) is 0 Å².